The van der Waals surface area contributed by atoms with Crippen molar-refractivity contribution in [2.45, 2.75) is 38.9 Å². The first kappa shape index (κ1) is 14.0. The van der Waals surface area contributed by atoms with Gasteiger partial charge in [-0.3, -0.25) is 4.98 Å². The largest absolute Gasteiger partial charge is 0.256 e. The molecule has 19 heavy (non-hydrogen) atoms. The number of rotatable bonds is 5. The fourth-order valence-corrected chi connectivity index (χ4v) is 6.35. The molecule has 0 fully saturated rings. The van der Waals surface area contributed by atoms with E-state index >= 15 is 0 Å². The van der Waals surface area contributed by atoms with Crippen molar-refractivity contribution in [2.75, 3.05) is 0 Å². The Balaban J connectivity index is 2.33. The Morgan fingerprint density at radius 1 is 0.842 bits per heavy atom. The molecule has 0 N–H and O–H groups in total. The monoisotopic (exact) mass is 269 g/mol. The molecular weight excluding hydrogens is 246 g/mol. The van der Waals surface area contributed by atoms with Gasteiger partial charge in [-0.25, -0.2) is 0 Å². The van der Waals surface area contributed by atoms with Crippen LogP contribution in [0.2, 0.25) is 18.1 Å². The van der Waals surface area contributed by atoms with Crippen LogP contribution >= 0.6 is 0 Å². The van der Waals surface area contributed by atoms with Crippen molar-refractivity contribution in [3.63, 3.8) is 0 Å². The topological polar surface area (TPSA) is 12.9 Å². The van der Waals surface area contributed by atoms with Gasteiger partial charge < -0.3 is 0 Å². The minimum Gasteiger partial charge on any atom is -0.256 e. The number of hydrogen-bond acceptors (Lipinski definition) is 1. The fraction of sp³-hybridized carbons (Fsp3) is 0.353. The molecule has 1 aromatic carbocycles. The zero-order valence-corrected chi connectivity index (χ0v) is 13.2. The van der Waals surface area contributed by atoms with Gasteiger partial charge in [-0.05, 0) is 11.3 Å². The minimum atomic E-state index is -1.28. The summed E-state index contributed by atoms with van der Waals surface area (Å²) in [6.07, 6.45) is 2.13. The molecule has 2 rings (SSSR count). The van der Waals surface area contributed by atoms with Crippen LogP contribution in [0, 0.1) is 0 Å². The lowest BCUT2D eigenvalue weighted by Crippen LogP contribution is -2.45. The Bertz CT molecular complexity index is 492. The normalized spacial score (nSPS) is 11.5. The van der Waals surface area contributed by atoms with Gasteiger partial charge in [0.25, 0.3) is 0 Å². The third-order valence-electron chi connectivity index (χ3n) is 4.48. The predicted molar refractivity (Wildman–Crippen MR) is 86.5 cm³/mol. The number of benzene rings is 1. The van der Waals surface area contributed by atoms with Gasteiger partial charge in [0.15, 0.2) is 0 Å². The summed E-state index contributed by atoms with van der Waals surface area (Å²) in [5.41, 5.74) is 2.28. The molecule has 0 aliphatic rings. The van der Waals surface area contributed by atoms with Crippen LogP contribution in [0.15, 0.2) is 48.7 Å². The third-order valence-corrected chi connectivity index (χ3v) is 10.1. The number of hydrogen-bond donors (Lipinski definition) is 0. The van der Waals surface area contributed by atoms with Gasteiger partial charge in [-0.1, -0.05) is 75.3 Å². The molecule has 100 valence electrons. The van der Waals surface area contributed by atoms with E-state index in [1.165, 1.54) is 28.9 Å². The van der Waals surface area contributed by atoms with Gasteiger partial charge in [0.1, 0.15) is 0 Å². The summed E-state index contributed by atoms with van der Waals surface area (Å²) in [6.45, 7) is 7.01. The number of aromatic nitrogens is 1. The van der Waals surface area contributed by atoms with Crippen molar-refractivity contribution >= 4 is 13.3 Å². The number of nitrogens with zero attached hydrogens (tertiary/aromatic N) is 1. The quantitative estimate of drug-likeness (QED) is 0.730. The van der Waals surface area contributed by atoms with Crippen molar-refractivity contribution < 1.29 is 0 Å². The molecule has 0 aliphatic heterocycles. The highest BCUT2D eigenvalue weighted by molar-refractivity contribution is 6.91. The van der Waals surface area contributed by atoms with Crippen LogP contribution in [-0.4, -0.2) is 13.1 Å². The summed E-state index contributed by atoms with van der Waals surface area (Å²) in [6, 6.07) is 18.8. The van der Waals surface area contributed by atoms with E-state index in [2.05, 4.69) is 63.4 Å². The van der Waals surface area contributed by atoms with Crippen molar-refractivity contribution in [1.82, 2.24) is 4.98 Å². The average molecular weight is 269 g/mol. The van der Waals surface area contributed by atoms with E-state index in [-0.39, 0.29) is 0 Å². The molecule has 0 aliphatic carbocycles. The molecule has 0 unspecified atom stereocenters. The summed E-state index contributed by atoms with van der Waals surface area (Å²) in [4.78, 5) is 4.69. The molecule has 0 radical (unpaired) electrons. The summed E-state index contributed by atoms with van der Waals surface area (Å²) in [5, 5.41) is 1.51. The Morgan fingerprint density at radius 3 is 1.95 bits per heavy atom. The van der Waals surface area contributed by atoms with Crippen LogP contribution in [0.3, 0.4) is 0 Å². The molecule has 0 bridgehead atoms. The van der Waals surface area contributed by atoms with Crippen molar-refractivity contribution in [3.05, 3.63) is 48.7 Å². The second-order valence-corrected chi connectivity index (χ2v) is 10.4. The van der Waals surface area contributed by atoms with E-state index in [9.17, 15) is 0 Å². The molecule has 2 heteroatoms. The van der Waals surface area contributed by atoms with Gasteiger partial charge in [0.2, 0.25) is 0 Å². The zero-order valence-electron chi connectivity index (χ0n) is 12.2. The Hall–Kier alpha value is -1.41. The summed E-state index contributed by atoms with van der Waals surface area (Å²) in [5.74, 6) is 0. The minimum absolute atomic E-state index is 1.08. The van der Waals surface area contributed by atoms with Crippen LogP contribution in [0.5, 0.6) is 0 Å². The van der Waals surface area contributed by atoms with Crippen LogP contribution in [0.25, 0.3) is 11.3 Å². The summed E-state index contributed by atoms with van der Waals surface area (Å²) >= 11 is 0. The zero-order chi connectivity index (χ0) is 13.7. The second-order valence-electron chi connectivity index (χ2n) is 5.14. The van der Waals surface area contributed by atoms with Crippen LogP contribution in [-0.2, 0) is 0 Å². The first-order valence-electron chi connectivity index (χ1n) is 7.27. The van der Waals surface area contributed by atoms with E-state index in [0.29, 0.717) is 0 Å². The lowest BCUT2D eigenvalue weighted by molar-refractivity contribution is 1.19. The maximum absolute atomic E-state index is 4.69. The molecule has 0 spiro atoms. The molecule has 0 amide bonds. The van der Waals surface area contributed by atoms with E-state index in [0.717, 1.165) is 5.69 Å². The molecule has 2 aromatic rings. The molecule has 1 aromatic heterocycles. The van der Waals surface area contributed by atoms with Gasteiger partial charge in [0.05, 0.1) is 13.8 Å². The third kappa shape index (κ3) is 2.79. The van der Waals surface area contributed by atoms with Gasteiger partial charge >= 0.3 is 0 Å². The van der Waals surface area contributed by atoms with Gasteiger partial charge in [0, 0.05) is 11.8 Å². The molecular formula is C17H23NSi. The average Bonchev–Trinajstić information content (AvgIpc) is 2.51. The molecule has 1 nitrogen and oxygen atoms in total. The standard InChI is InChI=1S/C17H23NSi/c1-4-19(5-2,6-3)16-12-13-17(18-14-16)15-10-8-7-9-11-15/h7-14H,4-6H2,1-3H3. The van der Waals surface area contributed by atoms with Crippen LogP contribution in [0.4, 0.5) is 0 Å². The smallest absolute Gasteiger partial charge is 0.0879 e. The lowest BCUT2D eigenvalue weighted by Gasteiger charge is -2.28. The molecule has 0 atom stereocenters. The van der Waals surface area contributed by atoms with Crippen molar-refractivity contribution in [3.8, 4) is 11.3 Å². The van der Waals surface area contributed by atoms with E-state index < -0.39 is 8.07 Å². The fourth-order valence-electron chi connectivity index (χ4n) is 2.85. The van der Waals surface area contributed by atoms with E-state index in [1.54, 1.807) is 0 Å². The van der Waals surface area contributed by atoms with Crippen LogP contribution < -0.4 is 5.19 Å². The molecule has 0 saturated heterocycles. The highest BCUT2D eigenvalue weighted by Crippen LogP contribution is 2.21. The van der Waals surface area contributed by atoms with Crippen molar-refractivity contribution in [2.24, 2.45) is 0 Å². The molecule has 1 heterocycles. The first-order valence-corrected chi connectivity index (χ1v) is 9.90. The van der Waals surface area contributed by atoms with E-state index in [1.807, 2.05) is 6.07 Å². The van der Waals surface area contributed by atoms with Gasteiger partial charge in [-0.2, -0.15) is 0 Å². The SMILES string of the molecule is CC[Si](CC)(CC)c1ccc(-c2ccccc2)nc1. The van der Waals surface area contributed by atoms with Gasteiger partial charge in [-0.15, -0.1) is 0 Å². The predicted octanol–water partition coefficient (Wildman–Crippen LogP) is 4.46. The Kier molecular flexibility index (Phi) is 4.54. The summed E-state index contributed by atoms with van der Waals surface area (Å²) < 4.78 is 0. The highest BCUT2D eigenvalue weighted by Gasteiger charge is 2.29. The lowest BCUT2D eigenvalue weighted by atomic mass is 10.1. The van der Waals surface area contributed by atoms with Crippen LogP contribution in [0.1, 0.15) is 20.8 Å². The highest BCUT2D eigenvalue weighted by atomic mass is 28.3. The number of pyridine rings is 1. The maximum Gasteiger partial charge on any atom is 0.0879 e. The Labute approximate surface area is 117 Å². The van der Waals surface area contributed by atoms with Crippen molar-refractivity contribution in [1.29, 1.82) is 0 Å². The second kappa shape index (κ2) is 6.16. The maximum atomic E-state index is 4.69. The summed E-state index contributed by atoms with van der Waals surface area (Å²) in [7, 11) is -1.28. The molecule has 0 saturated carbocycles. The first-order chi connectivity index (χ1) is 9.25. The van der Waals surface area contributed by atoms with E-state index in [4.69, 9.17) is 4.98 Å². The Morgan fingerprint density at radius 2 is 1.47 bits per heavy atom.